The standard InChI is InChI=1S/C28H33N5O3S.C21H27N5O.C19H24N4O2S.C9H11NO2/c1-20-8-11-25(12-9-20)37(35,36)33-27-13-10-22(16-23(27)18-31-33)17-24(32(3)4)19-30-28(34)15-21(2)26-7-5-6-14-29-26;1-15(19-6-4-5-9-22-19)10-21(27)23-14-18(26(2)3)12-16-7-8-20-17(11-16)13-24-25-20;1-14-4-7-18(8-5-14)26(24,25)23-19-9-6-15(10-16(19)13-21-23)11-17(12-20)22(2)3;1-7(6-9(11)12)8-4-2-3-5-10-8/h5-14,16,18,21,24H,15,17,19H2,1-4H3,(H,30,34);4-9,11,13,15,18H,10,12,14H2,1-3H3,(H,23,27)(H,24,25);4-10,13,17H,11-12,20H2,1-3H3;2-5,7H,6H2,1H3,(H,11,12)/t21-,24-;15-,18-;17-;7-/m0000/s1. The largest absolute Gasteiger partial charge is 0.481 e. The number of carboxylic acid groups (broad SMARTS) is 1. The van der Waals surface area contributed by atoms with Crippen LogP contribution in [0.3, 0.4) is 0 Å². The van der Waals surface area contributed by atoms with E-state index in [-0.39, 0.29) is 63.9 Å². The molecule has 0 unspecified atom stereocenters. The number of H-pyrrole nitrogens is 1. The molecule has 11 rings (SSSR count). The Hall–Kier alpha value is -9.89. The van der Waals surface area contributed by atoms with Gasteiger partial charge in [-0.3, -0.25) is 34.4 Å². The minimum absolute atomic E-state index is 0.0105. The van der Waals surface area contributed by atoms with E-state index in [0.717, 1.165) is 82.0 Å². The number of amides is 2. The summed E-state index contributed by atoms with van der Waals surface area (Å²) < 4.78 is 54.3. The van der Waals surface area contributed by atoms with Gasteiger partial charge in [0.05, 0.1) is 51.4 Å². The summed E-state index contributed by atoms with van der Waals surface area (Å²) in [5.41, 5.74) is 16.0. The number of aromatic nitrogens is 9. The molecule has 0 radical (unpaired) electrons. The number of hydrogen-bond donors (Lipinski definition) is 5. The van der Waals surface area contributed by atoms with Gasteiger partial charge in [-0.1, -0.05) is 92.6 Å². The van der Waals surface area contributed by atoms with Crippen molar-refractivity contribution in [1.29, 1.82) is 0 Å². The molecular formula is C77H95N15O8S2. The normalized spacial score (nSPS) is 13.4. The van der Waals surface area contributed by atoms with Crippen LogP contribution in [0.4, 0.5) is 0 Å². The molecule has 23 nitrogen and oxygen atoms in total. The minimum Gasteiger partial charge on any atom is -0.481 e. The van der Waals surface area contributed by atoms with Crippen LogP contribution < -0.4 is 16.4 Å². The second-order valence-corrected chi connectivity index (χ2v) is 30.0. The van der Waals surface area contributed by atoms with Crippen LogP contribution in [0.25, 0.3) is 32.7 Å². The molecule has 2 amide bonds. The highest BCUT2D eigenvalue weighted by Crippen LogP contribution is 2.26. The Bertz CT molecular complexity index is 4730. The van der Waals surface area contributed by atoms with Crippen molar-refractivity contribution in [1.82, 2.24) is 68.9 Å². The first-order valence-corrected chi connectivity index (χ1v) is 36.8. The number of aliphatic carboxylic acids is 1. The first-order valence-electron chi connectivity index (χ1n) is 33.9. The lowest BCUT2D eigenvalue weighted by Crippen LogP contribution is -2.41. The van der Waals surface area contributed by atoms with Crippen molar-refractivity contribution in [3.63, 3.8) is 0 Å². The number of nitrogens with one attached hydrogen (secondary N) is 3. The average Bonchev–Trinajstić information content (AvgIpc) is 1.59. The maximum absolute atomic E-state index is 13.1. The summed E-state index contributed by atoms with van der Waals surface area (Å²) in [6.45, 7) is 11.4. The molecule has 0 aliphatic carbocycles. The zero-order valence-electron chi connectivity index (χ0n) is 59.9. The monoisotopic (exact) mass is 1420 g/mol. The molecule has 0 fully saturated rings. The van der Waals surface area contributed by atoms with Crippen LogP contribution in [0.2, 0.25) is 0 Å². The summed E-state index contributed by atoms with van der Waals surface area (Å²) in [5.74, 6) is -0.605. The molecule has 11 aromatic rings. The van der Waals surface area contributed by atoms with Crippen LogP contribution >= 0.6 is 0 Å². The van der Waals surface area contributed by atoms with Crippen LogP contribution in [0.1, 0.15) is 103 Å². The molecule has 5 aromatic carbocycles. The highest BCUT2D eigenvalue weighted by Gasteiger charge is 2.25. The zero-order valence-corrected chi connectivity index (χ0v) is 61.6. The topological polar surface area (TPSA) is 303 Å². The van der Waals surface area contributed by atoms with Gasteiger partial charge < -0.3 is 36.2 Å². The van der Waals surface area contributed by atoms with E-state index in [4.69, 9.17) is 10.8 Å². The molecule has 102 heavy (non-hydrogen) atoms. The SMILES string of the molecule is C[C@@H](CC(=O)NC[C@H](Cc1ccc2[nH]ncc2c1)N(C)C)c1ccccn1.C[C@@H](CC(=O)O)c1ccccn1.Cc1ccc(S(=O)(=O)n2ncc3cc(C[C@@H](CN)N(C)C)ccc32)cc1.Cc1ccc(S(=O)(=O)n2ncc3cc(C[C@@H](CNC(=O)C[C@H](C)c4ccccn4)N(C)C)ccc32)cc1. The Morgan fingerprint density at radius 1 is 0.490 bits per heavy atom. The van der Waals surface area contributed by atoms with E-state index in [9.17, 15) is 31.2 Å². The van der Waals surface area contributed by atoms with Crippen molar-refractivity contribution >= 4 is 70.5 Å². The van der Waals surface area contributed by atoms with E-state index in [1.54, 1.807) is 85.6 Å². The lowest BCUT2D eigenvalue weighted by Gasteiger charge is -2.25. The molecule has 6 atom stereocenters. The summed E-state index contributed by atoms with van der Waals surface area (Å²) in [5, 5.41) is 32.7. The smallest absolute Gasteiger partial charge is 0.304 e. The summed E-state index contributed by atoms with van der Waals surface area (Å²) in [4.78, 5) is 54.8. The van der Waals surface area contributed by atoms with E-state index >= 15 is 0 Å². The van der Waals surface area contributed by atoms with Crippen LogP contribution in [-0.4, -0.2) is 178 Å². The van der Waals surface area contributed by atoms with Crippen molar-refractivity contribution < 1.29 is 36.3 Å². The van der Waals surface area contributed by atoms with E-state index in [2.05, 4.69) is 78.9 Å². The van der Waals surface area contributed by atoms with Gasteiger partial charge in [0.2, 0.25) is 11.8 Å². The van der Waals surface area contributed by atoms with Gasteiger partial charge in [0.1, 0.15) is 0 Å². The quantitative estimate of drug-likeness (QED) is 0.0320. The van der Waals surface area contributed by atoms with Gasteiger partial charge >= 0.3 is 5.97 Å². The van der Waals surface area contributed by atoms with Gasteiger partial charge in [-0.15, -0.1) is 0 Å². The number of hydrogen-bond acceptors (Lipinski definition) is 17. The van der Waals surface area contributed by atoms with Gasteiger partial charge in [0.15, 0.2) is 0 Å². The number of rotatable bonds is 27. The van der Waals surface area contributed by atoms with Crippen LogP contribution in [0.5, 0.6) is 0 Å². The van der Waals surface area contributed by atoms with Gasteiger partial charge in [0.25, 0.3) is 20.0 Å². The zero-order chi connectivity index (χ0) is 73.7. The van der Waals surface area contributed by atoms with Gasteiger partial charge in [-0.25, -0.2) is 0 Å². The molecule has 0 bridgehead atoms. The number of fused-ring (bicyclic) bond motifs is 3. The first-order chi connectivity index (χ1) is 48.7. The van der Waals surface area contributed by atoms with Crippen LogP contribution in [0.15, 0.2) is 205 Å². The summed E-state index contributed by atoms with van der Waals surface area (Å²) in [6, 6.07) is 48.8. The predicted molar refractivity (Wildman–Crippen MR) is 401 cm³/mol. The summed E-state index contributed by atoms with van der Waals surface area (Å²) in [7, 11) is 4.56. The van der Waals surface area contributed by atoms with Gasteiger partial charge in [-0.2, -0.15) is 40.3 Å². The summed E-state index contributed by atoms with van der Waals surface area (Å²) >= 11 is 0. The second-order valence-electron chi connectivity index (χ2n) is 26.5. The maximum Gasteiger partial charge on any atom is 0.304 e. The van der Waals surface area contributed by atoms with E-state index < -0.39 is 26.0 Å². The Labute approximate surface area is 598 Å². The molecule has 0 aliphatic rings. The number of aromatic amines is 1. The minimum atomic E-state index is -3.79. The third-order valence-electron chi connectivity index (χ3n) is 17.8. The Morgan fingerprint density at radius 3 is 1.23 bits per heavy atom. The Balaban J connectivity index is 0.000000182. The van der Waals surface area contributed by atoms with Gasteiger partial charge in [-0.05, 0) is 189 Å². The van der Waals surface area contributed by atoms with Crippen molar-refractivity contribution in [3.8, 4) is 0 Å². The lowest BCUT2D eigenvalue weighted by atomic mass is 10.0. The van der Waals surface area contributed by atoms with E-state index in [1.807, 2.05) is 168 Å². The Morgan fingerprint density at radius 2 is 0.863 bits per heavy atom. The number of carbonyl (C=O) groups is 3. The molecule has 6 aromatic heterocycles. The fourth-order valence-electron chi connectivity index (χ4n) is 11.4. The van der Waals surface area contributed by atoms with E-state index in [0.29, 0.717) is 49.9 Å². The van der Waals surface area contributed by atoms with E-state index in [1.165, 1.54) is 5.56 Å². The second kappa shape index (κ2) is 36.6. The molecule has 0 aliphatic heterocycles. The number of aryl methyl sites for hydroxylation is 2. The maximum atomic E-state index is 13.1. The number of likely N-dealkylation sites (N-methyl/N-ethyl adjacent to an activating group) is 3. The molecular weight excluding hydrogens is 1330 g/mol. The van der Waals surface area contributed by atoms with Gasteiger partial charge in [0, 0.05) is 120 Å². The molecule has 25 heteroatoms. The number of carbonyl (C=O) groups excluding carboxylic acids is 2. The van der Waals surface area contributed by atoms with Crippen LogP contribution in [-0.2, 0) is 53.7 Å². The number of nitrogens with two attached hydrogens (primary N) is 1. The highest BCUT2D eigenvalue weighted by molar-refractivity contribution is 7.90. The Kier molecular flexibility index (Phi) is 28.0. The van der Waals surface area contributed by atoms with Crippen molar-refractivity contribution in [2.24, 2.45) is 5.73 Å². The third kappa shape index (κ3) is 21.8. The predicted octanol–water partition coefficient (Wildman–Crippen LogP) is 10.2. The lowest BCUT2D eigenvalue weighted by molar-refractivity contribution is -0.137. The molecule has 0 saturated carbocycles. The average molecular weight is 1420 g/mol. The highest BCUT2D eigenvalue weighted by atomic mass is 32.2. The van der Waals surface area contributed by atoms with Crippen molar-refractivity contribution in [2.45, 2.75) is 119 Å². The molecule has 538 valence electrons. The fourth-order valence-corrected chi connectivity index (χ4v) is 14.0. The third-order valence-corrected chi connectivity index (χ3v) is 21.0. The molecule has 0 saturated heterocycles. The fraction of sp³-hybridized carbons (Fsp3) is 0.338. The molecule has 6 N–H and O–H groups in total. The number of pyridine rings is 3. The molecule has 6 heterocycles. The number of carboxylic acids is 1. The number of benzene rings is 5. The van der Waals surface area contributed by atoms with Crippen molar-refractivity contribution in [2.75, 3.05) is 61.9 Å². The first kappa shape index (κ1) is 77.8. The van der Waals surface area contributed by atoms with Crippen LogP contribution in [0, 0.1) is 13.8 Å². The van der Waals surface area contributed by atoms with Crippen molar-refractivity contribution in [3.05, 3.63) is 240 Å². The molecule has 0 spiro atoms. The summed E-state index contributed by atoms with van der Waals surface area (Å²) in [6.07, 6.45) is 13.5. The number of nitrogens with zero attached hydrogens (tertiary/aromatic N) is 11.